The Morgan fingerprint density at radius 3 is 2.54 bits per heavy atom. The van der Waals surface area contributed by atoms with Crippen molar-refractivity contribution in [2.75, 3.05) is 38.2 Å². The summed E-state index contributed by atoms with van der Waals surface area (Å²) in [5.74, 6) is -1.58. The third-order valence-corrected chi connectivity index (χ3v) is 8.42. The molecule has 35 heavy (non-hydrogen) atoms. The van der Waals surface area contributed by atoms with Crippen LogP contribution in [0.2, 0.25) is 10.0 Å². The Morgan fingerprint density at radius 2 is 1.83 bits per heavy atom. The number of hydrogen-bond donors (Lipinski definition) is 1. The number of halogens is 2. The highest BCUT2D eigenvalue weighted by Gasteiger charge is 2.30. The van der Waals surface area contributed by atoms with Gasteiger partial charge >= 0.3 is 5.97 Å². The molecule has 1 aromatic heterocycles. The first-order chi connectivity index (χ1) is 16.8. The predicted molar refractivity (Wildman–Crippen MR) is 133 cm³/mol. The first-order valence-electron chi connectivity index (χ1n) is 10.3. The summed E-state index contributed by atoms with van der Waals surface area (Å²) in [6, 6.07) is 11.7. The molecule has 0 bridgehead atoms. The van der Waals surface area contributed by atoms with Gasteiger partial charge in [-0.15, -0.1) is 11.3 Å². The van der Waals surface area contributed by atoms with E-state index in [2.05, 4.69) is 10.3 Å². The summed E-state index contributed by atoms with van der Waals surface area (Å²) in [7, 11) is -3.99. The molecule has 0 atom stereocenters. The van der Waals surface area contributed by atoms with Gasteiger partial charge < -0.3 is 9.47 Å². The van der Waals surface area contributed by atoms with Crippen molar-refractivity contribution in [3.05, 3.63) is 63.5 Å². The minimum absolute atomic E-state index is 0.103. The molecular weight excluding hydrogens is 537 g/mol. The summed E-state index contributed by atoms with van der Waals surface area (Å²) in [5, 5.41) is 4.46. The Balaban J connectivity index is 1.42. The van der Waals surface area contributed by atoms with Crippen molar-refractivity contribution < 1.29 is 27.5 Å². The van der Waals surface area contributed by atoms with E-state index in [1.165, 1.54) is 15.6 Å². The number of esters is 1. The Labute approximate surface area is 215 Å². The van der Waals surface area contributed by atoms with Crippen LogP contribution in [0.1, 0.15) is 10.4 Å². The lowest BCUT2D eigenvalue weighted by atomic mass is 10.2. The molecule has 0 saturated carbocycles. The average Bonchev–Trinajstić information content (AvgIpc) is 3.32. The molecule has 1 amide bonds. The zero-order valence-electron chi connectivity index (χ0n) is 18.1. The topological polar surface area (TPSA) is 115 Å². The maximum absolute atomic E-state index is 13.0. The van der Waals surface area contributed by atoms with Gasteiger partial charge in [-0.3, -0.25) is 10.1 Å². The van der Waals surface area contributed by atoms with E-state index >= 15 is 0 Å². The maximum Gasteiger partial charge on any atom is 0.340 e. The van der Waals surface area contributed by atoms with Crippen LogP contribution in [-0.4, -0.2) is 62.5 Å². The van der Waals surface area contributed by atoms with Crippen LogP contribution in [0.5, 0.6) is 0 Å². The molecule has 0 aliphatic carbocycles. The summed E-state index contributed by atoms with van der Waals surface area (Å²) >= 11 is 13.5. The minimum atomic E-state index is -3.99. The lowest BCUT2D eigenvalue weighted by Gasteiger charge is -2.26. The number of ether oxygens (including phenoxy) is 2. The van der Waals surface area contributed by atoms with Crippen LogP contribution in [0.15, 0.2) is 52.7 Å². The maximum atomic E-state index is 13.0. The fraction of sp³-hybridized carbons (Fsp3) is 0.227. The second-order valence-electron chi connectivity index (χ2n) is 7.31. The third-order valence-electron chi connectivity index (χ3n) is 4.98. The zero-order valence-corrected chi connectivity index (χ0v) is 21.2. The van der Waals surface area contributed by atoms with Crippen molar-refractivity contribution >= 4 is 61.6 Å². The molecule has 2 aromatic carbocycles. The van der Waals surface area contributed by atoms with Crippen molar-refractivity contribution in [3.63, 3.8) is 0 Å². The molecule has 0 radical (unpaired) electrons. The van der Waals surface area contributed by atoms with Gasteiger partial charge in [0.15, 0.2) is 11.7 Å². The quantitative estimate of drug-likeness (QED) is 0.439. The van der Waals surface area contributed by atoms with Crippen LogP contribution in [0, 0.1) is 0 Å². The second-order valence-corrected chi connectivity index (χ2v) is 10.9. The number of carbonyl (C=O) groups excluding carboxylic acids is 2. The van der Waals surface area contributed by atoms with E-state index in [1.54, 1.807) is 5.38 Å². The van der Waals surface area contributed by atoms with Gasteiger partial charge in [0.05, 0.1) is 34.5 Å². The Morgan fingerprint density at radius 1 is 1.11 bits per heavy atom. The summed E-state index contributed by atoms with van der Waals surface area (Å²) < 4.78 is 37.4. The smallest absolute Gasteiger partial charge is 0.340 e. The van der Waals surface area contributed by atoms with Crippen LogP contribution in [0.4, 0.5) is 5.13 Å². The summed E-state index contributed by atoms with van der Waals surface area (Å²) in [5.41, 5.74) is 1.37. The number of rotatable bonds is 7. The standard InChI is InChI=1S/C22H19Cl2N3O6S2/c23-16-11-17(24)19(35(30,31)27-6-8-32-9-7-27)10-15(16)21(29)33-12-20(28)26-22-25-18(13-34-22)14-4-2-1-3-5-14/h1-5,10-11,13H,6-9,12H2,(H,25,26,28). The zero-order chi connectivity index (χ0) is 25.0. The van der Waals surface area contributed by atoms with Crippen LogP contribution < -0.4 is 5.32 Å². The monoisotopic (exact) mass is 555 g/mol. The molecule has 3 aromatic rings. The van der Waals surface area contributed by atoms with Crippen LogP contribution in [-0.2, 0) is 24.3 Å². The van der Waals surface area contributed by atoms with E-state index in [4.69, 9.17) is 32.7 Å². The number of benzene rings is 2. The Kier molecular flexibility index (Phi) is 8.05. The third kappa shape index (κ3) is 6.00. The molecule has 4 rings (SSSR count). The largest absolute Gasteiger partial charge is 0.452 e. The number of carbonyl (C=O) groups is 2. The molecule has 1 N–H and O–H groups in total. The summed E-state index contributed by atoms with van der Waals surface area (Å²) in [6.07, 6.45) is 0. The highest BCUT2D eigenvalue weighted by atomic mass is 35.5. The number of morpholine rings is 1. The molecule has 9 nitrogen and oxygen atoms in total. The van der Waals surface area contributed by atoms with Crippen LogP contribution in [0.25, 0.3) is 11.3 Å². The van der Waals surface area contributed by atoms with E-state index in [-0.39, 0.29) is 46.8 Å². The lowest BCUT2D eigenvalue weighted by Crippen LogP contribution is -2.40. The molecule has 184 valence electrons. The number of thiazole rings is 1. The van der Waals surface area contributed by atoms with Crippen molar-refractivity contribution in [1.82, 2.24) is 9.29 Å². The van der Waals surface area contributed by atoms with Gasteiger partial charge in [-0.05, 0) is 12.1 Å². The fourth-order valence-electron chi connectivity index (χ4n) is 3.25. The van der Waals surface area contributed by atoms with Crippen molar-refractivity contribution in [3.8, 4) is 11.3 Å². The van der Waals surface area contributed by atoms with Gasteiger partial charge in [0, 0.05) is 24.0 Å². The van der Waals surface area contributed by atoms with Gasteiger partial charge in [-0.1, -0.05) is 53.5 Å². The molecular formula is C22H19Cl2N3O6S2. The highest BCUT2D eigenvalue weighted by Crippen LogP contribution is 2.31. The van der Waals surface area contributed by atoms with Crippen molar-refractivity contribution in [2.24, 2.45) is 0 Å². The van der Waals surface area contributed by atoms with Gasteiger partial charge in [-0.2, -0.15) is 4.31 Å². The van der Waals surface area contributed by atoms with Crippen LogP contribution in [0.3, 0.4) is 0 Å². The number of aromatic nitrogens is 1. The van der Waals surface area contributed by atoms with Gasteiger partial charge in [0.1, 0.15) is 4.90 Å². The van der Waals surface area contributed by atoms with Crippen molar-refractivity contribution in [2.45, 2.75) is 4.90 Å². The van der Waals surface area contributed by atoms with Crippen LogP contribution >= 0.6 is 34.5 Å². The summed E-state index contributed by atoms with van der Waals surface area (Å²) in [6.45, 7) is 0.193. The fourth-order valence-corrected chi connectivity index (χ4v) is 6.21. The minimum Gasteiger partial charge on any atom is -0.452 e. The number of nitrogens with one attached hydrogen (secondary N) is 1. The van der Waals surface area contributed by atoms with E-state index in [0.717, 1.165) is 17.7 Å². The number of sulfonamides is 1. The number of hydrogen-bond acceptors (Lipinski definition) is 8. The van der Waals surface area contributed by atoms with Gasteiger partial charge in [-0.25, -0.2) is 18.2 Å². The van der Waals surface area contributed by atoms with E-state index in [1.807, 2.05) is 30.3 Å². The van der Waals surface area contributed by atoms with E-state index < -0.39 is 28.5 Å². The van der Waals surface area contributed by atoms with E-state index in [0.29, 0.717) is 10.8 Å². The first kappa shape index (κ1) is 25.5. The van der Waals surface area contributed by atoms with E-state index in [9.17, 15) is 18.0 Å². The summed E-state index contributed by atoms with van der Waals surface area (Å²) in [4.78, 5) is 28.9. The second kappa shape index (κ2) is 11.0. The Hall–Kier alpha value is -2.54. The number of nitrogens with zero attached hydrogens (tertiary/aromatic N) is 2. The normalized spacial score (nSPS) is 14.5. The SMILES string of the molecule is O=C(COC(=O)c1cc(S(=O)(=O)N2CCOCC2)c(Cl)cc1Cl)Nc1nc(-c2ccccc2)cs1. The molecule has 0 spiro atoms. The van der Waals surface area contributed by atoms with Crippen molar-refractivity contribution in [1.29, 1.82) is 0 Å². The average molecular weight is 556 g/mol. The molecule has 13 heteroatoms. The Bertz CT molecular complexity index is 1340. The molecule has 2 heterocycles. The molecule has 1 aliphatic rings. The first-order valence-corrected chi connectivity index (χ1v) is 13.4. The van der Waals surface area contributed by atoms with Gasteiger partial charge in [0.25, 0.3) is 5.91 Å². The highest BCUT2D eigenvalue weighted by molar-refractivity contribution is 7.89. The number of anilines is 1. The molecule has 1 fully saturated rings. The number of amides is 1. The van der Waals surface area contributed by atoms with Gasteiger partial charge in [0.2, 0.25) is 10.0 Å². The lowest BCUT2D eigenvalue weighted by molar-refractivity contribution is -0.119. The molecule has 1 aliphatic heterocycles. The molecule has 1 saturated heterocycles. The molecule has 0 unspecified atom stereocenters. The predicted octanol–water partition coefficient (Wildman–Crippen LogP) is 3.93.